The fourth-order valence-corrected chi connectivity index (χ4v) is 1.14. The summed E-state index contributed by atoms with van der Waals surface area (Å²) in [6.45, 7) is 5.36. The Morgan fingerprint density at radius 1 is 1.15 bits per heavy atom. The van der Waals surface area contributed by atoms with Crippen LogP contribution in [0.15, 0.2) is 36.0 Å². The highest BCUT2D eigenvalue weighted by Gasteiger charge is 2.17. The molecule has 0 saturated carbocycles. The standard InChI is InChI=1S/C11H16O2/c1-3-5-6-7-10(4-2)11-12-8-9-13-11/h3-7,11H,8-9H2,1-2H3/b5-3-,7-6-,10-4+. The summed E-state index contributed by atoms with van der Waals surface area (Å²) in [5.74, 6) is 0. The van der Waals surface area contributed by atoms with Crippen LogP contribution in [0, 0.1) is 0 Å². The SMILES string of the molecule is C\C=C/C=C\C(=C/C)C1OCCO1. The molecule has 1 fully saturated rings. The molecule has 1 rings (SSSR count). The van der Waals surface area contributed by atoms with Crippen molar-refractivity contribution in [1.29, 1.82) is 0 Å². The van der Waals surface area contributed by atoms with E-state index < -0.39 is 0 Å². The van der Waals surface area contributed by atoms with Gasteiger partial charge in [-0.1, -0.05) is 30.4 Å². The van der Waals surface area contributed by atoms with Crippen molar-refractivity contribution in [3.8, 4) is 0 Å². The average molecular weight is 180 g/mol. The normalized spacial score (nSPS) is 20.9. The Bertz CT molecular complexity index is 220. The average Bonchev–Trinajstić information content (AvgIpc) is 2.65. The lowest BCUT2D eigenvalue weighted by Gasteiger charge is -2.08. The monoisotopic (exact) mass is 180 g/mol. The van der Waals surface area contributed by atoms with Crippen LogP contribution in [-0.4, -0.2) is 19.5 Å². The Kier molecular flexibility index (Phi) is 4.50. The van der Waals surface area contributed by atoms with Crippen molar-refractivity contribution >= 4 is 0 Å². The third-order valence-corrected chi connectivity index (χ3v) is 1.82. The van der Waals surface area contributed by atoms with Gasteiger partial charge in [-0.05, 0) is 13.8 Å². The van der Waals surface area contributed by atoms with E-state index in [0.717, 1.165) is 5.57 Å². The highest BCUT2D eigenvalue weighted by Crippen LogP contribution is 2.14. The lowest BCUT2D eigenvalue weighted by molar-refractivity contribution is -0.00842. The van der Waals surface area contributed by atoms with Crippen LogP contribution in [0.1, 0.15) is 13.8 Å². The van der Waals surface area contributed by atoms with Crippen molar-refractivity contribution in [3.05, 3.63) is 36.0 Å². The van der Waals surface area contributed by atoms with E-state index in [0.29, 0.717) is 13.2 Å². The van der Waals surface area contributed by atoms with Crippen LogP contribution in [0.5, 0.6) is 0 Å². The quantitative estimate of drug-likeness (QED) is 0.621. The Morgan fingerprint density at radius 2 is 1.85 bits per heavy atom. The molecule has 0 amide bonds. The van der Waals surface area contributed by atoms with Crippen molar-refractivity contribution in [2.45, 2.75) is 20.1 Å². The van der Waals surface area contributed by atoms with E-state index in [1.54, 1.807) is 0 Å². The maximum atomic E-state index is 5.37. The molecule has 0 spiro atoms. The Balaban J connectivity index is 2.52. The second kappa shape index (κ2) is 5.73. The van der Waals surface area contributed by atoms with Gasteiger partial charge in [0.15, 0.2) is 6.29 Å². The molecule has 1 aliphatic rings. The minimum Gasteiger partial charge on any atom is -0.346 e. The first kappa shape index (κ1) is 10.2. The number of rotatable bonds is 3. The molecular formula is C11H16O2. The molecule has 0 aromatic carbocycles. The summed E-state index contributed by atoms with van der Waals surface area (Å²) in [6.07, 6.45) is 9.82. The van der Waals surface area contributed by atoms with Crippen LogP contribution in [0.4, 0.5) is 0 Å². The third kappa shape index (κ3) is 3.17. The second-order valence-corrected chi connectivity index (χ2v) is 2.75. The molecule has 2 heteroatoms. The van der Waals surface area contributed by atoms with Crippen LogP contribution in [0.3, 0.4) is 0 Å². The van der Waals surface area contributed by atoms with Crippen molar-refractivity contribution < 1.29 is 9.47 Å². The molecule has 0 aliphatic carbocycles. The molecule has 0 radical (unpaired) electrons. The summed E-state index contributed by atoms with van der Waals surface area (Å²) in [6, 6.07) is 0. The van der Waals surface area contributed by atoms with E-state index in [4.69, 9.17) is 9.47 Å². The van der Waals surface area contributed by atoms with Gasteiger partial charge in [-0.15, -0.1) is 0 Å². The van der Waals surface area contributed by atoms with Gasteiger partial charge in [-0.2, -0.15) is 0 Å². The van der Waals surface area contributed by atoms with E-state index in [-0.39, 0.29) is 6.29 Å². The minimum absolute atomic E-state index is 0.161. The first-order valence-corrected chi connectivity index (χ1v) is 4.57. The zero-order valence-electron chi connectivity index (χ0n) is 8.19. The number of allylic oxidation sites excluding steroid dienone is 4. The fraction of sp³-hybridized carbons (Fsp3) is 0.455. The predicted octanol–water partition coefficient (Wildman–Crippen LogP) is 2.44. The van der Waals surface area contributed by atoms with Crippen LogP contribution in [0.2, 0.25) is 0 Å². The molecule has 1 aliphatic heterocycles. The molecule has 0 N–H and O–H groups in total. The Hall–Kier alpha value is -0.860. The van der Waals surface area contributed by atoms with Crippen LogP contribution in [0.25, 0.3) is 0 Å². The molecule has 1 saturated heterocycles. The first-order chi connectivity index (χ1) is 6.38. The van der Waals surface area contributed by atoms with Crippen molar-refractivity contribution in [2.75, 3.05) is 13.2 Å². The van der Waals surface area contributed by atoms with Crippen LogP contribution in [-0.2, 0) is 9.47 Å². The van der Waals surface area contributed by atoms with Crippen LogP contribution >= 0.6 is 0 Å². The molecule has 1 heterocycles. The van der Waals surface area contributed by atoms with E-state index in [9.17, 15) is 0 Å². The Labute approximate surface area is 79.5 Å². The molecule has 0 aromatic heterocycles. The van der Waals surface area contributed by atoms with Gasteiger partial charge in [-0.3, -0.25) is 0 Å². The van der Waals surface area contributed by atoms with Gasteiger partial charge in [0.05, 0.1) is 13.2 Å². The highest BCUT2D eigenvalue weighted by molar-refractivity contribution is 5.24. The molecule has 0 atom stereocenters. The van der Waals surface area contributed by atoms with E-state index in [1.807, 2.05) is 44.2 Å². The van der Waals surface area contributed by atoms with Crippen molar-refractivity contribution in [1.82, 2.24) is 0 Å². The summed E-state index contributed by atoms with van der Waals surface area (Å²) in [5.41, 5.74) is 1.08. The van der Waals surface area contributed by atoms with E-state index in [1.165, 1.54) is 0 Å². The summed E-state index contributed by atoms with van der Waals surface area (Å²) in [5, 5.41) is 0. The predicted molar refractivity (Wildman–Crippen MR) is 53.4 cm³/mol. The lowest BCUT2D eigenvalue weighted by Crippen LogP contribution is -2.09. The van der Waals surface area contributed by atoms with E-state index >= 15 is 0 Å². The van der Waals surface area contributed by atoms with Gasteiger partial charge >= 0.3 is 0 Å². The lowest BCUT2D eigenvalue weighted by atomic mass is 10.2. The Morgan fingerprint density at radius 3 is 2.38 bits per heavy atom. The summed E-state index contributed by atoms with van der Waals surface area (Å²) >= 11 is 0. The topological polar surface area (TPSA) is 18.5 Å². The maximum absolute atomic E-state index is 5.37. The molecular weight excluding hydrogens is 164 g/mol. The fourth-order valence-electron chi connectivity index (χ4n) is 1.14. The molecule has 0 aromatic rings. The van der Waals surface area contributed by atoms with Gasteiger partial charge in [0.2, 0.25) is 0 Å². The summed E-state index contributed by atoms with van der Waals surface area (Å²) in [7, 11) is 0. The van der Waals surface area contributed by atoms with Gasteiger partial charge in [0, 0.05) is 5.57 Å². The minimum atomic E-state index is -0.161. The number of hydrogen-bond donors (Lipinski definition) is 0. The molecule has 2 nitrogen and oxygen atoms in total. The summed E-state index contributed by atoms with van der Waals surface area (Å²) in [4.78, 5) is 0. The first-order valence-electron chi connectivity index (χ1n) is 4.57. The molecule has 0 bridgehead atoms. The molecule has 72 valence electrons. The number of ether oxygens (including phenoxy) is 2. The largest absolute Gasteiger partial charge is 0.346 e. The maximum Gasteiger partial charge on any atom is 0.183 e. The zero-order valence-corrected chi connectivity index (χ0v) is 8.19. The van der Waals surface area contributed by atoms with Crippen LogP contribution < -0.4 is 0 Å². The van der Waals surface area contributed by atoms with E-state index in [2.05, 4.69) is 0 Å². The third-order valence-electron chi connectivity index (χ3n) is 1.82. The molecule has 13 heavy (non-hydrogen) atoms. The van der Waals surface area contributed by atoms with Gasteiger partial charge in [0.1, 0.15) is 0 Å². The summed E-state index contributed by atoms with van der Waals surface area (Å²) < 4.78 is 10.7. The van der Waals surface area contributed by atoms with Gasteiger partial charge < -0.3 is 9.47 Å². The number of hydrogen-bond acceptors (Lipinski definition) is 2. The smallest absolute Gasteiger partial charge is 0.183 e. The zero-order chi connectivity index (χ0) is 9.52. The van der Waals surface area contributed by atoms with Crippen molar-refractivity contribution in [2.24, 2.45) is 0 Å². The second-order valence-electron chi connectivity index (χ2n) is 2.75. The van der Waals surface area contributed by atoms with Gasteiger partial charge in [0.25, 0.3) is 0 Å². The highest BCUT2D eigenvalue weighted by atomic mass is 16.7. The van der Waals surface area contributed by atoms with Gasteiger partial charge in [-0.25, -0.2) is 0 Å². The molecule has 0 unspecified atom stereocenters. The van der Waals surface area contributed by atoms with Crippen molar-refractivity contribution in [3.63, 3.8) is 0 Å².